The Hall–Kier alpha value is -0.990. The molecule has 0 aromatic rings. The van der Waals surface area contributed by atoms with Crippen molar-refractivity contribution in [2.75, 3.05) is 25.7 Å². The van der Waals surface area contributed by atoms with Gasteiger partial charge in [0.2, 0.25) is 0 Å². The average molecular weight is 383 g/mol. The molecule has 142 valence electrons. The second-order valence-corrected chi connectivity index (χ2v) is 8.11. The Bertz CT molecular complexity index is 470. The number of hydrogen-bond donors (Lipinski definition) is 5. The molecule has 11 nitrogen and oxygen atoms in total. The fourth-order valence-corrected chi connectivity index (χ4v) is 0.623. The number of carbonyl (C=O) groups excluding carboxylic acids is 1. The first-order chi connectivity index (χ1) is 9.89. The van der Waals surface area contributed by atoms with Crippen molar-refractivity contribution in [1.82, 2.24) is 5.32 Å². The number of aliphatic hydroxyl groups is 2. The molecule has 0 saturated heterocycles. The predicted octanol–water partition coefficient (Wildman–Crippen LogP) is -1.13. The summed E-state index contributed by atoms with van der Waals surface area (Å²) in [4.78, 5) is 11.0. The molecule has 0 aliphatic rings. The zero-order valence-corrected chi connectivity index (χ0v) is 15.2. The summed E-state index contributed by atoms with van der Waals surface area (Å²) in [5.41, 5.74) is -0.570. The molecule has 13 heteroatoms. The molecule has 0 heterocycles. The van der Waals surface area contributed by atoms with Gasteiger partial charge < -0.3 is 20.3 Å². The van der Waals surface area contributed by atoms with E-state index in [1.807, 2.05) is 0 Å². The van der Waals surface area contributed by atoms with Crippen molar-refractivity contribution in [1.29, 1.82) is 0 Å². The largest absolute Gasteiger partial charge is 0.444 e. The lowest BCUT2D eigenvalue weighted by molar-refractivity contribution is 0.0450. The minimum Gasteiger partial charge on any atom is -0.444 e. The number of amides is 1. The fraction of sp³-hybridized carbons (Fsp3) is 0.900. The predicted molar refractivity (Wildman–Crippen MR) is 82.3 cm³/mol. The lowest BCUT2D eigenvalue weighted by Gasteiger charge is -2.21. The van der Waals surface area contributed by atoms with Gasteiger partial charge in [-0.1, -0.05) is 0 Å². The lowest BCUT2D eigenvalue weighted by Crippen LogP contribution is -2.42. The highest BCUT2D eigenvalue weighted by atomic mass is 32.2. The third-order valence-corrected chi connectivity index (χ3v) is 1.16. The Morgan fingerprint density at radius 2 is 1.26 bits per heavy atom. The van der Waals surface area contributed by atoms with Gasteiger partial charge in [-0.05, 0) is 20.8 Å². The first-order valence-electron chi connectivity index (χ1n) is 5.95. The highest BCUT2D eigenvalue weighted by Gasteiger charge is 2.18. The fourth-order valence-electron chi connectivity index (χ4n) is 0.623. The Morgan fingerprint density at radius 1 is 1.00 bits per heavy atom. The Balaban J connectivity index is -0.000000329. The Labute approximate surface area is 136 Å². The van der Waals surface area contributed by atoms with Crippen LogP contribution in [0, 0.1) is 0 Å². The number of carbonyl (C=O) groups is 1. The van der Waals surface area contributed by atoms with Crippen LogP contribution < -0.4 is 5.32 Å². The maximum atomic E-state index is 11.0. The molecule has 0 atom stereocenters. The second-order valence-electron chi connectivity index (χ2n) is 5.17. The van der Waals surface area contributed by atoms with Crippen LogP contribution in [0.2, 0.25) is 0 Å². The minimum absolute atomic E-state index is 0.310. The minimum atomic E-state index is -3.67. The molecule has 0 aromatic carbocycles. The normalized spacial score (nSPS) is 11.6. The topological polar surface area (TPSA) is 188 Å². The van der Waals surface area contributed by atoms with Crippen molar-refractivity contribution in [3.63, 3.8) is 0 Å². The number of ether oxygens (including phenoxy) is 1. The maximum absolute atomic E-state index is 11.0. The van der Waals surface area contributed by atoms with E-state index in [9.17, 15) is 21.6 Å². The van der Waals surface area contributed by atoms with E-state index in [0.717, 1.165) is 0 Å². The standard InChI is InChI=1S/C8H17NO4.2CH4O3S/c1-8(2,3)13-7(12)9-6(4-10)5-11;2*1-5(2,3)4/h6,10-11H,4-5H2,1-3H3,(H,9,12);2*1H3,(H,2,3,4). The van der Waals surface area contributed by atoms with Crippen LogP contribution >= 0.6 is 0 Å². The van der Waals surface area contributed by atoms with Crippen LogP contribution in [0.4, 0.5) is 4.79 Å². The molecule has 0 saturated carbocycles. The van der Waals surface area contributed by atoms with Crippen LogP contribution in [-0.2, 0) is 25.0 Å². The first-order valence-corrected chi connectivity index (χ1v) is 9.64. The van der Waals surface area contributed by atoms with E-state index in [4.69, 9.17) is 24.1 Å². The van der Waals surface area contributed by atoms with Gasteiger partial charge in [0.15, 0.2) is 0 Å². The second kappa shape index (κ2) is 11.5. The van der Waals surface area contributed by atoms with Gasteiger partial charge in [0.1, 0.15) is 5.60 Å². The molecule has 0 unspecified atom stereocenters. The smallest absolute Gasteiger partial charge is 0.408 e. The molecule has 0 aliphatic heterocycles. The van der Waals surface area contributed by atoms with Gasteiger partial charge in [-0.3, -0.25) is 9.11 Å². The van der Waals surface area contributed by atoms with Crippen molar-refractivity contribution in [3.05, 3.63) is 0 Å². The van der Waals surface area contributed by atoms with Gasteiger partial charge in [-0.2, -0.15) is 16.8 Å². The van der Waals surface area contributed by atoms with Crippen LogP contribution in [0.1, 0.15) is 20.8 Å². The zero-order chi connectivity index (χ0) is 19.5. The van der Waals surface area contributed by atoms with Crippen molar-refractivity contribution < 1.29 is 45.7 Å². The van der Waals surface area contributed by atoms with Gasteiger partial charge in [-0.25, -0.2) is 4.79 Å². The average Bonchev–Trinajstić information content (AvgIpc) is 2.18. The summed E-state index contributed by atoms with van der Waals surface area (Å²) in [5, 5.41) is 19.6. The highest BCUT2D eigenvalue weighted by molar-refractivity contribution is 7.85. The molecule has 1 amide bonds. The summed E-state index contributed by atoms with van der Waals surface area (Å²) < 4.78 is 56.6. The number of aliphatic hydroxyl groups excluding tert-OH is 2. The van der Waals surface area contributed by atoms with Gasteiger partial charge in [0.25, 0.3) is 20.2 Å². The van der Waals surface area contributed by atoms with E-state index in [2.05, 4.69) is 5.32 Å². The van der Waals surface area contributed by atoms with E-state index in [-0.39, 0.29) is 13.2 Å². The molecule has 0 rings (SSSR count). The summed E-state index contributed by atoms with van der Waals surface area (Å²) in [5.74, 6) is 0. The van der Waals surface area contributed by atoms with Crippen molar-refractivity contribution in [3.8, 4) is 0 Å². The molecule has 0 fully saturated rings. The van der Waals surface area contributed by atoms with Crippen LogP contribution in [0.5, 0.6) is 0 Å². The van der Waals surface area contributed by atoms with Gasteiger partial charge in [0, 0.05) is 0 Å². The monoisotopic (exact) mass is 383 g/mol. The summed E-state index contributed by atoms with van der Waals surface area (Å²) in [7, 11) is -7.33. The van der Waals surface area contributed by atoms with E-state index in [1.165, 1.54) is 0 Å². The molecule has 23 heavy (non-hydrogen) atoms. The molecule has 0 aliphatic carbocycles. The quantitative estimate of drug-likeness (QED) is 0.373. The van der Waals surface area contributed by atoms with Gasteiger partial charge in [0.05, 0.1) is 31.8 Å². The highest BCUT2D eigenvalue weighted by Crippen LogP contribution is 2.06. The SMILES string of the molecule is CC(C)(C)OC(=O)NC(CO)CO.CS(=O)(=O)O.CS(=O)(=O)O. The number of rotatable bonds is 3. The third-order valence-electron chi connectivity index (χ3n) is 1.16. The molecular formula is C10H25NO10S2. The van der Waals surface area contributed by atoms with E-state index < -0.39 is 38.0 Å². The van der Waals surface area contributed by atoms with Crippen LogP contribution in [-0.4, -0.2) is 79.6 Å². The van der Waals surface area contributed by atoms with Crippen LogP contribution in [0.3, 0.4) is 0 Å². The molecule has 5 N–H and O–H groups in total. The molecular weight excluding hydrogens is 358 g/mol. The van der Waals surface area contributed by atoms with Gasteiger partial charge in [-0.15, -0.1) is 0 Å². The molecule has 0 bridgehead atoms. The summed E-state index contributed by atoms with van der Waals surface area (Å²) in [6.07, 6.45) is 0.792. The Morgan fingerprint density at radius 3 is 1.43 bits per heavy atom. The summed E-state index contributed by atoms with van der Waals surface area (Å²) >= 11 is 0. The van der Waals surface area contributed by atoms with Crippen molar-refractivity contribution in [2.24, 2.45) is 0 Å². The van der Waals surface area contributed by atoms with Crippen LogP contribution in [0.25, 0.3) is 0 Å². The molecule has 0 radical (unpaired) electrons. The number of nitrogens with one attached hydrogen (secondary N) is 1. The maximum Gasteiger partial charge on any atom is 0.408 e. The zero-order valence-electron chi connectivity index (χ0n) is 13.5. The number of hydrogen-bond acceptors (Lipinski definition) is 8. The first kappa shape index (κ1) is 26.9. The third kappa shape index (κ3) is 52.6. The molecule has 0 spiro atoms. The lowest BCUT2D eigenvalue weighted by atomic mass is 10.2. The van der Waals surface area contributed by atoms with Crippen molar-refractivity contribution >= 4 is 26.3 Å². The van der Waals surface area contributed by atoms with E-state index in [0.29, 0.717) is 12.5 Å². The van der Waals surface area contributed by atoms with E-state index >= 15 is 0 Å². The Kier molecular flexibility index (Phi) is 13.5. The number of alkyl carbamates (subject to hydrolysis) is 1. The van der Waals surface area contributed by atoms with Crippen LogP contribution in [0.15, 0.2) is 0 Å². The molecule has 0 aromatic heterocycles. The van der Waals surface area contributed by atoms with E-state index in [1.54, 1.807) is 20.8 Å². The van der Waals surface area contributed by atoms with Crippen molar-refractivity contribution in [2.45, 2.75) is 32.4 Å². The summed E-state index contributed by atoms with van der Waals surface area (Å²) in [6, 6.07) is -0.658. The van der Waals surface area contributed by atoms with Gasteiger partial charge >= 0.3 is 6.09 Å². The summed E-state index contributed by atoms with van der Waals surface area (Å²) in [6.45, 7) is 4.59.